The highest BCUT2D eigenvalue weighted by atomic mass is 19.4. The molecule has 0 fully saturated rings. The highest BCUT2D eigenvalue weighted by Gasteiger charge is 2.39. The van der Waals surface area contributed by atoms with Gasteiger partial charge in [0.1, 0.15) is 11.8 Å². The number of ether oxygens (including phenoxy) is 1. The maximum absolute atomic E-state index is 13.0. The van der Waals surface area contributed by atoms with E-state index in [0.717, 1.165) is 70.6 Å². The molecule has 55 heavy (non-hydrogen) atoms. The Morgan fingerprint density at radius 1 is 0.636 bits per heavy atom. The van der Waals surface area contributed by atoms with Gasteiger partial charge >= 0.3 is 6.18 Å². The molecule has 0 saturated heterocycles. The van der Waals surface area contributed by atoms with Gasteiger partial charge in [-0.2, -0.15) is 13.2 Å². The summed E-state index contributed by atoms with van der Waals surface area (Å²) in [5.41, 5.74) is 0.0410. The van der Waals surface area contributed by atoms with Gasteiger partial charge in [-0.1, -0.05) is 162 Å². The smallest absolute Gasteiger partial charge is 0.450 e. The van der Waals surface area contributed by atoms with E-state index in [1.807, 2.05) is 13.8 Å². The van der Waals surface area contributed by atoms with Crippen LogP contribution in [0.4, 0.5) is 13.2 Å². The summed E-state index contributed by atoms with van der Waals surface area (Å²) in [4.78, 5) is 48.6. The Balaban J connectivity index is 2.05. The van der Waals surface area contributed by atoms with Gasteiger partial charge in [-0.05, 0) is 49.4 Å². The first kappa shape index (κ1) is 50.1. The van der Waals surface area contributed by atoms with Crippen molar-refractivity contribution in [3.63, 3.8) is 0 Å². The molecule has 0 aromatic heterocycles. The number of benzene rings is 1. The molecule has 0 spiro atoms. The van der Waals surface area contributed by atoms with Crippen LogP contribution in [0.2, 0.25) is 0 Å². The van der Waals surface area contributed by atoms with Crippen LogP contribution in [-0.2, 0) is 14.4 Å². The summed E-state index contributed by atoms with van der Waals surface area (Å²) in [5.74, 6) is -2.46. The second kappa shape index (κ2) is 32.2. The molecule has 316 valence electrons. The normalized spacial score (nSPS) is 12.6. The summed E-state index contributed by atoms with van der Waals surface area (Å²) < 4.78 is 42.8. The second-order valence-electron chi connectivity index (χ2n) is 15.5. The number of nitrogens with one attached hydrogen (secondary N) is 2. The molecule has 0 bridgehead atoms. The first-order chi connectivity index (χ1) is 26.5. The van der Waals surface area contributed by atoms with Gasteiger partial charge < -0.3 is 15.4 Å². The molecule has 0 radical (unpaired) electrons. The monoisotopic (exact) mass is 781 g/mol. The lowest BCUT2D eigenvalue weighted by atomic mass is 9.97. The predicted octanol–water partition coefficient (Wildman–Crippen LogP) is 12.2. The number of Topliss-reactive ketones (excluding diaryl/α,β-unsaturated/α-hetero) is 2. The first-order valence-electron chi connectivity index (χ1n) is 21.9. The number of carbonyl (C=O) groups excluding carboxylic acids is 4. The molecule has 7 nitrogen and oxygen atoms in total. The third kappa shape index (κ3) is 26.6. The number of hydrogen-bond donors (Lipinski definition) is 2. The van der Waals surface area contributed by atoms with Gasteiger partial charge in [-0.3, -0.25) is 19.2 Å². The van der Waals surface area contributed by atoms with Crippen LogP contribution in [-0.4, -0.2) is 48.8 Å². The van der Waals surface area contributed by atoms with Crippen molar-refractivity contribution in [2.45, 2.75) is 206 Å². The Labute approximate surface area is 331 Å². The van der Waals surface area contributed by atoms with Crippen LogP contribution in [0.15, 0.2) is 24.3 Å². The standard InChI is InChI=1S/C45H75F3N2O5/c1-4-6-7-8-9-10-11-12-13-14-15-16-18-21-24-27-34-49-44(54)43(37(3)5-2)50-42(53)29-26-23-20-17-19-22-25-28-35-55-39-32-30-38(31-33-39)40(51)36-41(52)45(46,47)48/h30-33,37,43H,4-29,34-36H2,1-3H3,(H,49,54)(H,50,53)/t37-,43-/m0/s1. The lowest BCUT2D eigenvalue weighted by molar-refractivity contribution is -0.170. The number of amides is 2. The average molecular weight is 781 g/mol. The van der Waals surface area contributed by atoms with Gasteiger partial charge in [0.15, 0.2) is 5.78 Å². The van der Waals surface area contributed by atoms with Crippen LogP contribution in [0.5, 0.6) is 5.75 Å². The minimum Gasteiger partial charge on any atom is -0.494 e. The summed E-state index contributed by atoms with van der Waals surface area (Å²) in [5, 5.41) is 6.08. The third-order valence-corrected chi connectivity index (χ3v) is 10.5. The molecular formula is C45H75F3N2O5. The van der Waals surface area contributed by atoms with E-state index in [2.05, 4.69) is 17.6 Å². The van der Waals surface area contributed by atoms with Gasteiger partial charge in [0.2, 0.25) is 17.6 Å². The Morgan fingerprint density at radius 2 is 1.09 bits per heavy atom. The average Bonchev–Trinajstić information content (AvgIpc) is 3.16. The third-order valence-electron chi connectivity index (χ3n) is 10.5. The summed E-state index contributed by atoms with van der Waals surface area (Å²) >= 11 is 0. The SMILES string of the molecule is CCCCCCCCCCCCCCCCCCNC(=O)[C@@H](NC(=O)CCCCCCCCCCOc1ccc(C(=O)CC(=O)C(F)(F)F)cc1)[C@@H](C)CC. The number of alkyl halides is 3. The van der Waals surface area contributed by atoms with E-state index in [4.69, 9.17) is 4.74 Å². The van der Waals surface area contributed by atoms with Gasteiger partial charge in [-0.15, -0.1) is 0 Å². The number of ketones is 2. The zero-order valence-electron chi connectivity index (χ0n) is 34.6. The molecule has 2 amide bonds. The van der Waals surface area contributed by atoms with Crippen molar-refractivity contribution in [1.29, 1.82) is 0 Å². The second-order valence-corrected chi connectivity index (χ2v) is 15.5. The minimum absolute atomic E-state index is 0.0410. The van der Waals surface area contributed by atoms with Crippen molar-refractivity contribution >= 4 is 23.4 Å². The number of halogens is 3. The number of unbranched alkanes of at least 4 members (excludes halogenated alkanes) is 22. The minimum atomic E-state index is -5.01. The summed E-state index contributed by atoms with van der Waals surface area (Å²) in [7, 11) is 0. The van der Waals surface area contributed by atoms with Gasteiger partial charge in [-0.25, -0.2) is 0 Å². The van der Waals surface area contributed by atoms with E-state index in [1.165, 1.54) is 114 Å². The van der Waals surface area contributed by atoms with E-state index in [0.29, 0.717) is 25.3 Å². The predicted molar refractivity (Wildman–Crippen MR) is 217 cm³/mol. The van der Waals surface area contributed by atoms with E-state index in [1.54, 1.807) is 0 Å². The van der Waals surface area contributed by atoms with Crippen molar-refractivity contribution in [1.82, 2.24) is 10.6 Å². The van der Waals surface area contributed by atoms with Crippen LogP contribution in [0, 0.1) is 5.92 Å². The largest absolute Gasteiger partial charge is 0.494 e. The fourth-order valence-corrected chi connectivity index (χ4v) is 6.67. The Morgan fingerprint density at radius 3 is 1.56 bits per heavy atom. The molecule has 0 saturated carbocycles. The first-order valence-corrected chi connectivity index (χ1v) is 21.9. The number of hydrogen-bond acceptors (Lipinski definition) is 5. The maximum Gasteiger partial charge on any atom is 0.450 e. The molecule has 0 aliphatic carbocycles. The molecular weight excluding hydrogens is 705 g/mol. The highest BCUT2D eigenvalue weighted by Crippen LogP contribution is 2.21. The molecule has 2 atom stereocenters. The van der Waals surface area contributed by atoms with E-state index in [-0.39, 0.29) is 23.3 Å². The fourth-order valence-electron chi connectivity index (χ4n) is 6.67. The lowest BCUT2D eigenvalue weighted by Gasteiger charge is -2.23. The zero-order valence-corrected chi connectivity index (χ0v) is 34.6. The van der Waals surface area contributed by atoms with Gasteiger partial charge in [0.25, 0.3) is 0 Å². The molecule has 1 rings (SSSR count). The van der Waals surface area contributed by atoms with Crippen LogP contribution in [0.3, 0.4) is 0 Å². The molecule has 10 heteroatoms. The zero-order chi connectivity index (χ0) is 40.6. The summed E-state index contributed by atoms with van der Waals surface area (Å²) in [6.45, 7) is 7.49. The van der Waals surface area contributed by atoms with E-state index < -0.39 is 30.2 Å². The van der Waals surface area contributed by atoms with Crippen molar-refractivity contribution in [2.24, 2.45) is 5.92 Å². The van der Waals surface area contributed by atoms with Crippen LogP contribution >= 0.6 is 0 Å². The summed E-state index contributed by atoms with van der Waals surface area (Å²) in [6.07, 6.45) is 24.1. The van der Waals surface area contributed by atoms with Crippen molar-refractivity contribution in [2.75, 3.05) is 13.2 Å². The van der Waals surface area contributed by atoms with Crippen LogP contribution in [0.25, 0.3) is 0 Å². The topological polar surface area (TPSA) is 102 Å². The Hall–Kier alpha value is -2.91. The Kier molecular flexibility index (Phi) is 29.3. The van der Waals surface area contributed by atoms with E-state index in [9.17, 15) is 32.3 Å². The molecule has 2 N–H and O–H groups in total. The maximum atomic E-state index is 13.0. The van der Waals surface area contributed by atoms with Crippen LogP contribution < -0.4 is 15.4 Å². The van der Waals surface area contributed by atoms with Crippen molar-refractivity contribution in [3.05, 3.63) is 29.8 Å². The molecule has 0 aliphatic heterocycles. The molecule has 1 aromatic carbocycles. The summed E-state index contributed by atoms with van der Waals surface area (Å²) in [6, 6.07) is 5.29. The van der Waals surface area contributed by atoms with Crippen LogP contribution in [0.1, 0.15) is 204 Å². The molecule has 0 unspecified atom stereocenters. The van der Waals surface area contributed by atoms with Gasteiger partial charge in [0.05, 0.1) is 13.0 Å². The van der Waals surface area contributed by atoms with Crippen molar-refractivity contribution in [3.8, 4) is 5.75 Å². The lowest BCUT2D eigenvalue weighted by Crippen LogP contribution is -2.50. The number of rotatable bonds is 36. The quantitative estimate of drug-likeness (QED) is 0.0401. The Bertz CT molecular complexity index is 1160. The highest BCUT2D eigenvalue weighted by molar-refractivity contribution is 6.09. The fraction of sp³-hybridized carbons (Fsp3) is 0.778. The molecule has 0 aliphatic rings. The molecule has 0 heterocycles. The molecule has 1 aromatic rings. The van der Waals surface area contributed by atoms with E-state index >= 15 is 0 Å². The number of carbonyl (C=O) groups is 4. The van der Waals surface area contributed by atoms with Crippen molar-refractivity contribution < 1.29 is 37.1 Å². The van der Waals surface area contributed by atoms with Gasteiger partial charge in [0, 0.05) is 18.5 Å².